The van der Waals surface area contributed by atoms with Crippen LogP contribution in [0.2, 0.25) is 5.02 Å². The van der Waals surface area contributed by atoms with E-state index in [1.54, 1.807) is 24.3 Å². The minimum Gasteiger partial charge on any atom is -0.496 e. The minimum atomic E-state index is -0.489. The summed E-state index contributed by atoms with van der Waals surface area (Å²) in [6, 6.07) is 12.0. The second kappa shape index (κ2) is 6.27. The van der Waals surface area contributed by atoms with E-state index < -0.39 is 5.38 Å². The molecule has 0 heterocycles. The smallest absolute Gasteiger partial charge is 0.131 e. The summed E-state index contributed by atoms with van der Waals surface area (Å²) in [4.78, 5) is 0. The maximum absolute atomic E-state index is 13.9. The number of benzene rings is 2. The van der Waals surface area contributed by atoms with Crippen LogP contribution in [-0.2, 0) is 6.42 Å². The van der Waals surface area contributed by atoms with Crippen molar-refractivity contribution in [2.45, 2.75) is 11.8 Å². The average molecular weight is 299 g/mol. The van der Waals surface area contributed by atoms with Crippen molar-refractivity contribution in [1.29, 1.82) is 0 Å². The van der Waals surface area contributed by atoms with Crippen LogP contribution in [0, 0.1) is 5.82 Å². The van der Waals surface area contributed by atoms with Gasteiger partial charge in [0.1, 0.15) is 11.6 Å². The first-order valence-corrected chi connectivity index (χ1v) is 6.64. The summed E-state index contributed by atoms with van der Waals surface area (Å²) in [7, 11) is 1.50. The Morgan fingerprint density at radius 2 is 1.84 bits per heavy atom. The summed E-state index contributed by atoms with van der Waals surface area (Å²) in [5.41, 5.74) is 1.39. The highest BCUT2D eigenvalue weighted by Crippen LogP contribution is 2.34. The van der Waals surface area contributed by atoms with Gasteiger partial charge in [-0.05, 0) is 36.2 Å². The van der Waals surface area contributed by atoms with Crippen molar-refractivity contribution in [2.75, 3.05) is 7.11 Å². The van der Waals surface area contributed by atoms with Crippen molar-refractivity contribution in [3.05, 3.63) is 64.4 Å². The van der Waals surface area contributed by atoms with E-state index in [9.17, 15) is 4.39 Å². The third-order valence-electron chi connectivity index (χ3n) is 2.87. The quantitative estimate of drug-likeness (QED) is 0.721. The van der Waals surface area contributed by atoms with E-state index in [1.807, 2.05) is 12.1 Å². The molecular formula is C15H13Cl2FO. The van der Waals surface area contributed by atoms with E-state index in [0.717, 1.165) is 5.56 Å². The molecule has 0 aliphatic heterocycles. The number of hydrogen-bond donors (Lipinski definition) is 0. The Balaban J connectivity index is 2.24. The van der Waals surface area contributed by atoms with E-state index >= 15 is 0 Å². The molecule has 2 rings (SSSR count). The number of alkyl halides is 1. The van der Waals surface area contributed by atoms with Gasteiger partial charge < -0.3 is 4.74 Å². The van der Waals surface area contributed by atoms with Crippen LogP contribution >= 0.6 is 23.2 Å². The number of methoxy groups -OCH3 is 1. The molecule has 0 saturated heterocycles. The van der Waals surface area contributed by atoms with Crippen LogP contribution in [-0.4, -0.2) is 7.11 Å². The van der Waals surface area contributed by atoms with Crippen LogP contribution in [0.1, 0.15) is 16.5 Å². The highest BCUT2D eigenvalue weighted by molar-refractivity contribution is 6.30. The highest BCUT2D eigenvalue weighted by atomic mass is 35.5. The van der Waals surface area contributed by atoms with Gasteiger partial charge in [-0.2, -0.15) is 0 Å². The predicted octanol–water partition coefficient (Wildman–Crippen LogP) is 5.01. The lowest BCUT2D eigenvalue weighted by atomic mass is 10.0. The van der Waals surface area contributed by atoms with Crippen molar-refractivity contribution in [2.24, 2.45) is 0 Å². The molecule has 0 bridgehead atoms. The summed E-state index contributed by atoms with van der Waals surface area (Å²) in [6.45, 7) is 0. The van der Waals surface area contributed by atoms with Crippen molar-refractivity contribution >= 4 is 23.2 Å². The van der Waals surface area contributed by atoms with E-state index in [1.165, 1.54) is 13.2 Å². The lowest BCUT2D eigenvalue weighted by molar-refractivity contribution is 0.403. The molecule has 0 aliphatic rings. The van der Waals surface area contributed by atoms with Gasteiger partial charge in [0.2, 0.25) is 0 Å². The Kier molecular flexibility index (Phi) is 4.67. The van der Waals surface area contributed by atoms with Crippen molar-refractivity contribution in [3.63, 3.8) is 0 Å². The van der Waals surface area contributed by atoms with Crippen LogP contribution in [0.5, 0.6) is 5.75 Å². The fourth-order valence-electron chi connectivity index (χ4n) is 1.93. The largest absolute Gasteiger partial charge is 0.496 e. The second-order valence-corrected chi connectivity index (χ2v) is 5.12. The zero-order valence-corrected chi connectivity index (χ0v) is 11.9. The van der Waals surface area contributed by atoms with Gasteiger partial charge in [0.05, 0.1) is 12.5 Å². The molecule has 4 heteroatoms. The van der Waals surface area contributed by atoms with E-state index in [2.05, 4.69) is 0 Å². The van der Waals surface area contributed by atoms with Gasteiger partial charge in [0.25, 0.3) is 0 Å². The first kappa shape index (κ1) is 14.2. The van der Waals surface area contributed by atoms with Gasteiger partial charge >= 0.3 is 0 Å². The van der Waals surface area contributed by atoms with E-state index in [0.29, 0.717) is 22.8 Å². The Hall–Kier alpha value is -1.25. The fraction of sp³-hybridized carbons (Fsp3) is 0.200. The highest BCUT2D eigenvalue weighted by Gasteiger charge is 2.18. The van der Waals surface area contributed by atoms with Gasteiger partial charge in [-0.3, -0.25) is 0 Å². The second-order valence-electron chi connectivity index (χ2n) is 4.15. The molecule has 0 radical (unpaired) electrons. The van der Waals surface area contributed by atoms with Crippen LogP contribution in [0.25, 0.3) is 0 Å². The van der Waals surface area contributed by atoms with Gasteiger partial charge in [-0.1, -0.05) is 29.8 Å². The van der Waals surface area contributed by atoms with Crippen molar-refractivity contribution in [1.82, 2.24) is 0 Å². The summed E-state index contributed by atoms with van der Waals surface area (Å²) in [5.74, 6) is 0.113. The molecule has 0 N–H and O–H groups in total. The standard InChI is InChI=1S/C15H13Cl2FO/c1-19-14-4-2-3-13(18)15(14)12(17)9-10-5-7-11(16)8-6-10/h2-8,12H,9H2,1H3. The lowest BCUT2D eigenvalue weighted by Gasteiger charge is -2.15. The topological polar surface area (TPSA) is 9.23 Å². The first-order valence-electron chi connectivity index (χ1n) is 5.82. The van der Waals surface area contributed by atoms with Crippen LogP contribution < -0.4 is 4.74 Å². The number of halogens is 3. The Morgan fingerprint density at radius 3 is 2.47 bits per heavy atom. The molecule has 19 heavy (non-hydrogen) atoms. The SMILES string of the molecule is COc1cccc(F)c1C(Cl)Cc1ccc(Cl)cc1. The van der Waals surface area contributed by atoms with Gasteiger partial charge in [-0.25, -0.2) is 4.39 Å². The number of ether oxygens (including phenoxy) is 1. The molecule has 1 atom stereocenters. The zero-order valence-electron chi connectivity index (χ0n) is 10.4. The minimum absolute atomic E-state index is 0.353. The third kappa shape index (κ3) is 3.40. The maximum Gasteiger partial charge on any atom is 0.131 e. The van der Waals surface area contributed by atoms with E-state index in [-0.39, 0.29) is 5.82 Å². The molecule has 0 saturated carbocycles. The summed E-state index contributed by atoms with van der Waals surface area (Å²) in [5, 5.41) is 0.177. The molecule has 0 amide bonds. The maximum atomic E-state index is 13.9. The predicted molar refractivity (Wildman–Crippen MR) is 76.7 cm³/mol. The summed E-state index contributed by atoms with van der Waals surface area (Å²) < 4.78 is 19.0. The molecule has 1 nitrogen and oxygen atoms in total. The first-order chi connectivity index (χ1) is 9.11. The molecule has 0 aliphatic carbocycles. The average Bonchev–Trinajstić information content (AvgIpc) is 2.40. The van der Waals surface area contributed by atoms with Crippen LogP contribution in [0.15, 0.2) is 42.5 Å². The third-order valence-corrected chi connectivity index (χ3v) is 3.50. The van der Waals surface area contributed by atoms with E-state index in [4.69, 9.17) is 27.9 Å². The van der Waals surface area contributed by atoms with Gasteiger partial charge in [0.15, 0.2) is 0 Å². The number of hydrogen-bond acceptors (Lipinski definition) is 1. The molecule has 0 fully saturated rings. The van der Waals surface area contributed by atoms with Crippen LogP contribution in [0.4, 0.5) is 4.39 Å². The van der Waals surface area contributed by atoms with Gasteiger partial charge in [0, 0.05) is 10.6 Å². The Morgan fingerprint density at radius 1 is 1.16 bits per heavy atom. The van der Waals surface area contributed by atoms with Crippen molar-refractivity contribution in [3.8, 4) is 5.75 Å². The number of rotatable bonds is 4. The molecule has 0 spiro atoms. The molecule has 100 valence electrons. The molecule has 2 aromatic rings. The summed E-state index contributed by atoms with van der Waals surface area (Å²) in [6.07, 6.45) is 0.510. The zero-order chi connectivity index (χ0) is 13.8. The normalized spacial score (nSPS) is 12.2. The van der Waals surface area contributed by atoms with Crippen LogP contribution in [0.3, 0.4) is 0 Å². The molecular weight excluding hydrogens is 286 g/mol. The fourth-order valence-corrected chi connectivity index (χ4v) is 2.44. The Bertz CT molecular complexity index is 555. The molecule has 2 aromatic carbocycles. The molecule has 0 aromatic heterocycles. The van der Waals surface area contributed by atoms with Gasteiger partial charge in [-0.15, -0.1) is 11.6 Å². The van der Waals surface area contributed by atoms with Crippen molar-refractivity contribution < 1.29 is 9.13 Å². The lowest BCUT2D eigenvalue weighted by Crippen LogP contribution is -2.02. The monoisotopic (exact) mass is 298 g/mol. The Labute approximate surface area is 121 Å². The summed E-state index contributed by atoms with van der Waals surface area (Å²) >= 11 is 12.1. The molecule has 1 unspecified atom stereocenters.